The Kier molecular flexibility index (Phi) is 7.49. The van der Waals surface area contributed by atoms with Gasteiger partial charge in [-0.25, -0.2) is 4.98 Å². The summed E-state index contributed by atoms with van der Waals surface area (Å²) in [5, 5.41) is 13.8. The van der Waals surface area contributed by atoms with Crippen molar-refractivity contribution in [3.63, 3.8) is 0 Å². The van der Waals surface area contributed by atoms with Crippen molar-refractivity contribution in [2.45, 2.75) is 19.1 Å². The first kappa shape index (κ1) is 25.1. The molecular formula is C25H24F3N5O3. The van der Waals surface area contributed by atoms with Crippen molar-refractivity contribution < 1.29 is 22.9 Å². The van der Waals surface area contributed by atoms with Gasteiger partial charge < -0.3 is 10.2 Å². The minimum Gasteiger partial charge on any atom is -0.355 e. The Balaban J connectivity index is 1.38. The Morgan fingerprint density at radius 3 is 2.47 bits per heavy atom. The molecule has 4 rings (SSSR count). The van der Waals surface area contributed by atoms with E-state index in [0.717, 1.165) is 31.6 Å². The van der Waals surface area contributed by atoms with Crippen molar-refractivity contribution >= 4 is 23.1 Å². The van der Waals surface area contributed by atoms with Crippen molar-refractivity contribution in [3.05, 3.63) is 93.7 Å². The maximum Gasteiger partial charge on any atom is 0.417 e. The number of rotatable bonds is 6. The second-order valence-corrected chi connectivity index (χ2v) is 8.41. The predicted octanol–water partition coefficient (Wildman–Crippen LogP) is 4.97. The second kappa shape index (κ2) is 10.7. The van der Waals surface area contributed by atoms with Crippen molar-refractivity contribution in [1.82, 2.24) is 9.88 Å². The number of para-hydroxylation sites is 1. The van der Waals surface area contributed by atoms with E-state index in [4.69, 9.17) is 0 Å². The molecule has 1 aromatic heterocycles. The van der Waals surface area contributed by atoms with E-state index in [1.54, 1.807) is 30.3 Å². The zero-order valence-corrected chi connectivity index (χ0v) is 19.2. The highest BCUT2D eigenvalue weighted by atomic mass is 19.4. The SMILES string of the molecule is O=C(Nc1ccc(N2CCCN(Cc3ccccc3[N+](=O)[O-])CC2)nc1)c1ccccc1C(F)(F)F. The number of amides is 1. The van der Waals surface area contributed by atoms with Crippen LogP contribution in [0.4, 0.5) is 30.4 Å². The van der Waals surface area contributed by atoms with E-state index in [9.17, 15) is 28.1 Å². The van der Waals surface area contributed by atoms with Crippen molar-refractivity contribution in [2.75, 3.05) is 36.4 Å². The minimum atomic E-state index is -4.64. The molecule has 11 heteroatoms. The smallest absolute Gasteiger partial charge is 0.355 e. The molecule has 188 valence electrons. The lowest BCUT2D eigenvalue weighted by Gasteiger charge is -2.23. The highest BCUT2D eigenvalue weighted by Gasteiger charge is 2.34. The van der Waals surface area contributed by atoms with Crippen LogP contribution in [-0.2, 0) is 12.7 Å². The Hall–Kier alpha value is -3.99. The van der Waals surface area contributed by atoms with Crippen LogP contribution in [-0.4, -0.2) is 46.9 Å². The highest BCUT2D eigenvalue weighted by molar-refractivity contribution is 6.05. The number of nitrogens with one attached hydrogen (secondary N) is 1. The Morgan fingerprint density at radius 2 is 1.75 bits per heavy atom. The van der Waals surface area contributed by atoms with Crippen molar-refractivity contribution in [2.24, 2.45) is 0 Å². The standard InChI is InChI=1S/C25H24F3N5O3/c26-25(27,28)21-8-3-2-7-20(21)24(34)30-19-10-11-23(29-16-19)32-13-5-12-31(14-15-32)17-18-6-1-4-9-22(18)33(35)36/h1-4,6-11,16H,5,12-15,17H2,(H,30,34). The average molecular weight is 499 g/mol. The summed E-state index contributed by atoms with van der Waals surface area (Å²) in [5.41, 5.74) is -0.395. The fraction of sp³-hybridized carbons (Fsp3) is 0.280. The van der Waals surface area contributed by atoms with Gasteiger partial charge in [0.15, 0.2) is 0 Å². The molecule has 36 heavy (non-hydrogen) atoms. The molecule has 1 fully saturated rings. The molecule has 0 atom stereocenters. The number of anilines is 2. The molecule has 2 aromatic carbocycles. The largest absolute Gasteiger partial charge is 0.417 e. The fourth-order valence-corrected chi connectivity index (χ4v) is 4.20. The van der Waals surface area contributed by atoms with Crippen LogP contribution in [0.2, 0.25) is 0 Å². The van der Waals surface area contributed by atoms with Gasteiger partial charge in [-0.15, -0.1) is 0 Å². The van der Waals surface area contributed by atoms with E-state index in [2.05, 4.69) is 20.1 Å². The number of carbonyl (C=O) groups is 1. The number of nitro groups is 1. The molecule has 0 bridgehead atoms. The number of nitro benzene ring substituents is 1. The summed E-state index contributed by atoms with van der Waals surface area (Å²) < 4.78 is 39.6. The van der Waals surface area contributed by atoms with Crippen LogP contribution in [0.5, 0.6) is 0 Å². The maximum atomic E-state index is 13.2. The Morgan fingerprint density at radius 1 is 1.00 bits per heavy atom. The van der Waals surface area contributed by atoms with Gasteiger partial charge >= 0.3 is 6.18 Å². The zero-order valence-electron chi connectivity index (χ0n) is 19.2. The molecule has 0 spiro atoms. The van der Waals surface area contributed by atoms with E-state index in [-0.39, 0.29) is 16.3 Å². The molecule has 2 heterocycles. The van der Waals surface area contributed by atoms with Crippen LogP contribution in [0.15, 0.2) is 66.9 Å². The topological polar surface area (TPSA) is 91.6 Å². The lowest BCUT2D eigenvalue weighted by molar-refractivity contribution is -0.385. The lowest BCUT2D eigenvalue weighted by atomic mass is 10.1. The Labute approximate surface area is 205 Å². The van der Waals surface area contributed by atoms with Crippen molar-refractivity contribution in [1.29, 1.82) is 0 Å². The summed E-state index contributed by atoms with van der Waals surface area (Å²) in [5.74, 6) is -0.186. The van der Waals surface area contributed by atoms with Crippen LogP contribution in [0.3, 0.4) is 0 Å². The van der Waals surface area contributed by atoms with Gasteiger partial charge in [0.1, 0.15) is 5.82 Å². The Bertz CT molecular complexity index is 1230. The zero-order chi connectivity index (χ0) is 25.7. The van der Waals surface area contributed by atoms with Crippen molar-refractivity contribution in [3.8, 4) is 0 Å². The van der Waals surface area contributed by atoms with Crippen LogP contribution < -0.4 is 10.2 Å². The van der Waals surface area contributed by atoms with E-state index < -0.39 is 23.2 Å². The summed E-state index contributed by atoms with van der Waals surface area (Å²) >= 11 is 0. The molecule has 0 aliphatic carbocycles. The molecule has 1 aliphatic rings. The van der Waals surface area contributed by atoms with Crippen LogP contribution in [0.1, 0.15) is 27.9 Å². The quantitative estimate of drug-likeness (QED) is 0.380. The van der Waals surface area contributed by atoms with Gasteiger partial charge in [-0.1, -0.05) is 30.3 Å². The molecule has 1 amide bonds. The van der Waals surface area contributed by atoms with Gasteiger partial charge in [0, 0.05) is 44.4 Å². The highest BCUT2D eigenvalue weighted by Crippen LogP contribution is 2.32. The summed E-state index contributed by atoms with van der Waals surface area (Å²) in [7, 11) is 0. The number of hydrogen-bond acceptors (Lipinski definition) is 6. The molecule has 1 saturated heterocycles. The number of alkyl halides is 3. The summed E-state index contributed by atoms with van der Waals surface area (Å²) in [4.78, 5) is 32.0. The summed E-state index contributed by atoms with van der Waals surface area (Å²) in [6, 6.07) is 14.6. The van der Waals surface area contributed by atoms with E-state index >= 15 is 0 Å². The third-order valence-corrected chi connectivity index (χ3v) is 5.98. The molecule has 1 aliphatic heterocycles. The number of carbonyl (C=O) groups excluding carboxylic acids is 1. The number of aromatic nitrogens is 1. The van der Waals surface area contributed by atoms with Gasteiger partial charge in [0.2, 0.25) is 0 Å². The molecule has 0 unspecified atom stereocenters. The van der Waals surface area contributed by atoms with Gasteiger partial charge in [-0.3, -0.25) is 19.8 Å². The van der Waals surface area contributed by atoms with Crippen LogP contribution in [0, 0.1) is 10.1 Å². The molecule has 0 saturated carbocycles. The molecule has 0 radical (unpaired) electrons. The van der Waals surface area contributed by atoms with E-state index in [1.165, 1.54) is 24.4 Å². The number of hydrogen-bond donors (Lipinski definition) is 1. The predicted molar refractivity (Wildman–Crippen MR) is 129 cm³/mol. The minimum absolute atomic E-state index is 0.107. The third-order valence-electron chi connectivity index (χ3n) is 5.98. The number of nitrogens with zero attached hydrogens (tertiary/aromatic N) is 4. The second-order valence-electron chi connectivity index (χ2n) is 8.41. The van der Waals surface area contributed by atoms with Gasteiger partial charge in [-0.2, -0.15) is 13.2 Å². The van der Waals surface area contributed by atoms with Gasteiger partial charge in [0.05, 0.1) is 27.9 Å². The summed E-state index contributed by atoms with van der Waals surface area (Å²) in [6.45, 7) is 3.31. The fourth-order valence-electron chi connectivity index (χ4n) is 4.20. The first-order chi connectivity index (χ1) is 17.2. The van der Waals surface area contributed by atoms with Crippen LogP contribution in [0.25, 0.3) is 0 Å². The molecule has 3 aromatic rings. The molecule has 8 nitrogen and oxygen atoms in total. The number of pyridine rings is 1. The first-order valence-corrected chi connectivity index (χ1v) is 11.4. The van der Waals surface area contributed by atoms with E-state index in [0.29, 0.717) is 31.0 Å². The van der Waals surface area contributed by atoms with Gasteiger partial charge in [0.25, 0.3) is 11.6 Å². The number of benzene rings is 2. The molecular weight excluding hydrogens is 475 g/mol. The normalized spacial score (nSPS) is 14.8. The number of halogens is 3. The van der Waals surface area contributed by atoms with Gasteiger partial charge in [-0.05, 0) is 30.7 Å². The first-order valence-electron chi connectivity index (χ1n) is 11.4. The monoisotopic (exact) mass is 499 g/mol. The maximum absolute atomic E-state index is 13.2. The van der Waals surface area contributed by atoms with E-state index in [1.807, 2.05) is 0 Å². The van der Waals surface area contributed by atoms with Crippen LogP contribution >= 0.6 is 0 Å². The lowest BCUT2D eigenvalue weighted by Crippen LogP contribution is -2.31. The molecule has 1 N–H and O–H groups in total. The average Bonchev–Trinajstić information content (AvgIpc) is 3.10. The summed E-state index contributed by atoms with van der Waals surface area (Å²) in [6.07, 6.45) is -2.39. The third kappa shape index (κ3) is 5.98.